The van der Waals surface area contributed by atoms with Crippen LogP contribution in [-0.2, 0) is 16.1 Å². The number of amides is 2. The van der Waals surface area contributed by atoms with E-state index in [4.69, 9.17) is 0 Å². The Morgan fingerprint density at radius 1 is 1.35 bits per heavy atom. The van der Waals surface area contributed by atoms with Gasteiger partial charge in [-0.1, -0.05) is 13.8 Å². The normalized spacial score (nSPS) is 19.1. The van der Waals surface area contributed by atoms with E-state index in [2.05, 4.69) is 20.6 Å². The van der Waals surface area contributed by atoms with Gasteiger partial charge in [0.2, 0.25) is 17.8 Å². The third-order valence-corrected chi connectivity index (χ3v) is 3.17. The highest BCUT2D eigenvalue weighted by atomic mass is 16.2. The zero-order chi connectivity index (χ0) is 14.5. The first kappa shape index (κ1) is 14.4. The predicted octanol–water partition coefficient (Wildman–Crippen LogP) is -0.172. The summed E-state index contributed by atoms with van der Waals surface area (Å²) in [5.41, 5.74) is 0.969. The van der Waals surface area contributed by atoms with Crippen molar-refractivity contribution in [3.63, 3.8) is 0 Å². The second-order valence-corrected chi connectivity index (χ2v) is 4.64. The molecule has 20 heavy (non-hydrogen) atoms. The lowest BCUT2D eigenvalue weighted by Crippen LogP contribution is -2.58. The molecule has 1 saturated heterocycles. The number of carbonyl (C=O) groups is 2. The predicted molar refractivity (Wildman–Crippen MR) is 74.0 cm³/mol. The molecule has 1 aliphatic rings. The van der Waals surface area contributed by atoms with Crippen LogP contribution in [0.3, 0.4) is 0 Å². The molecule has 2 heterocycles. The van der Waals surface area contributed by atoms with E-state index in [9.17, 15) is 9.59 Å². The Kier molecular flexibility index (Phi) is 4.62. The summed E-state index contributed by atoms with van der Waals surface area (Å²) < 4.78 is 0. The largest absolute Gasteiger partial charge is 0.319 e. The number of rotatable bonds is 5. The molecule has 0 spiro atoms. The summed E-state index contributed by atoms with van der Waals surface area (Å²) in [7, 11) is 0. The molecule has 2 N–H and O–H groups in total. The number of anilines is 1. The highest BCUT2D eigenvalue weighted by Crippen LogP contribution is 2.16. The van der Waals surface area contributed by atoms with Crippen LogP contribution in [0.5, 0.6) is 0 Å². The minimum absolute atomic E-state index is 0.108. The summed E-state index contributed by atoms with van der Waals surface area (Å²) >= 11 is 0. The number of carbonyl (C=O) groups excluding carboxylic acids is 2. The first-order valence-electron chi connectivity index (χ1n) is 6.77. The maximum Gasteiger partial charge on any atom is 0.249 e. The van der Waals surface area contributed by atoms with Crippen molar-refractivity contribution < 1.29 is 9.59 Å². The summed E-state index contributed by atoms with van der Waals surface area (Å²) in [6, 6.07) is -0.396. The van der Waals surface area contributed by atoms with Crippen molar-refractivity contribution in [1.29, 1.82) is 0 Å². The monoisotopic (exact) mass is 277 g/mol. The highest BCUT2D eigenvalue weighted by molar-refractivity contribution is 6.04. The van der Waals surface area contributed by atoms with Gasteiger partial charge in [0, 0.05) is 24.5 Å². The molecule has 0 bridgehead atoms. The first-order chi connectivity index (χ1) is 9.65. The van der Waals surface area contributed by atoms with E-state index >= 15 is 0 Å². The van der Waals surface area contributed by atoms with E-state index in [0.29, 0.717) is 18.9 Å². The minimum Gasteiger partial charge on any atom is -0.319 e. The Labute approximate surface area is 117 Å². The van der Waals surface area contributed by atoms with Crippen molar-refractivity contribution in [2.24, 2.45) is 0 Å². The van der Waals surface area contributed by atoms with Gasteiger partial charge in [0.15, 0.2) is 0 Å². The SMILES string of the molecule is CCNCc1cnc(N2CC(=O)NC(=O)C2CC)nc1. The van der Waals surface area contributed by atoms with Crippen LogP contribution >= 0.6 is 0 Å². The van der Waals surface area contributed by atoms with Crippen LogP contribution in [0.1, 0.15) is 25.8 Å². The summed E-state index contributed by atoms with van der Waals surface area (Å²) in [5, 5.41) is 5.52. The van der Waals surface area contributed by atoms with Crippen LogP contribution in [-0.4, -0.2) is 40.9 Å². The molecule has 7 heteroatoms. The zero-order valence-corrected chi connectivity index (χ0v) is 11.7. The number of aromatic nitrogens is 2. The topological polar surface area (TPSA) is 87.2 Å². The fourth-order valence-electron chi connectivity index (χ4n) is 2.14. The van der Waals surface area contributed by atoms with Gasteiger partial charge in [-0.2, -0.15) is 0 Å². The fraction of sp³-hybridized carbons (Fsp3) is 0.538. The maximum atomic E-state index is 11.8. The van der Waals surface area contributed by atoms with Crippen molar-refractivity contribution in [3.8, 4) is 0 Å². The fourth-order valence-corrected chi connectivity index (χ4v) is 2.14. The molecule has 1 unspecified atom stereocenters. The molecule has 0 aliphatic carbocycles. The second-order valence-electron chi connectivity index (χ2n) is 4.64. The molecule has 2 amide bonds. The lowest BCUT2D eigenvalue weighted by Gasteiger charge is -2.33. The van der Waals surface area contributed by atoms with Crippen molar-refractivity contribution in [3.05, 3.63) is 18.0 Å². The lowest BCUT2D eigenvalue weighted by atomic mass is 10.1. The highest BCUT2D eigenvalue weighted by Gasteiger charge is 2.33. The smallest absolute Gasteiger partial charge is 0.249 e. The number of nitrogens with one attached hydrogen (secondary N) is 2. The Balaban J connectivity index is 2.15. The quantitative estimate of drug-likeness (QED) is 0.727. The van der Waals surface area contributed by atoms with E-state index in [-0.39, 0.29) is 18.4 Å². The number of nitrogens with zero attached hydrogens (tertiary/aromatic N) is 3. The van der Waals surface area contributed by atoms with Gasteiger partial charge in [0.05, 0.1) is 0 Å². The molecule has 1 aromatic rings. The number of imide groups is 1. The van der Waals surface area contributed by atoms with Crippen LogP contribution in [0.15, 0.2) is 12.4 Å². The van der Waals surface area contributed by atoms with Gasteiger partial charge in [-0.3, -0.25) is 14.9 Å². The molecule has 108 valence electrons. The van der Waals surface area contributed by atoms with E-state index in [1.165, 1.54) is 0 Å². The second kappa shape index (κ2) is 6.42. The third kappa shape index (κ3) is 3.11. The van der Waals surface area contributed by atoms with Crippen LogP contribution in [0.25, 0.3) is 0 Å². The van der Waals surface area contributed by atoms with Crippen LogP contribution in [0.2, 0.25) is 0 Å². The number of hydrogen-bond donors (Lipinski definition) is 2. The van der Waals surface area contributed by atoms with Gasteiger partial charge in [0.1, 0.15) is 12.6 Å². The van der Waals surface area contributed by atoms with Crippen LogP contribution in [0, 0.1) is 0 Å². The molecule has 0 radical (unpaired) electrons. The van der Waals surface area contributed by atoms with E-state index in [1.807, 2.05) is 13.8 Å². The van der Waals surface area contributed by atoms with E-state index in [1.54, 1.807) is 17.3 Å². The first-order valence-corrected chi connectivity index (χ1v) is 6.77. The summed E-state index contributed by atoms with van der Waals surface area (Å²) in [6.45, 7) is 5.61. The van der Waals surface area contributed by atoms with Crippen LogP contribution in [0.4, 0.5) is 5.95 Å². The minimum atomic E-state index is -0.396. The number of hydrogen-bond acceptors (Lipinski definition) is 6. The van der Waals surface area contributed by atoms with Gasteiger partial charge < -0.3 is 10.2 Å². The van der Waals surface area contributed by atoms with Crippen molar-refractivity contribution in [1.82, 2.24) is 20.6 Å². The average Bonchev–Trinajstić information content (AvgIpc) is 2.45. The van der Waals surface area contributed by atoms with E-state index in [0.717, 1.165) is 12.1 Å². The molecule has 1 atom stereocenters. The molecular weight excluding hydrogens is 258 g/mol. The Morgan fingerprint density at radius 3 is 2.65 bits per heavy atom. The summed E-state index contributed by atoms with van der Waals surface area (Å²) in [6.07, 6.45) is 4.03. The lowest BCUT2D eigenvalue weighted by molar-refractivity contribution is -0.133. The maximum absolute atomic E-state index is 11.8. The summed E-state index contributed by atoms with van der Waals surface area (Å²) in [4.78, 5) is 33.5. The molecule has 1 aliphatic heterocycles. The Bertz CT molecular complexity index is 488. The van der Waals surface area contributed by atoms with E-state index < -0.39 is 6.04 Å². The number of piperazine rings is 1. The molecule has 2 rings (SSSR count). The zero-order valence-electron chi connectivity index (χ0n) is 11.7. The average molecular weight is 277 g/mol. The molecule has 1 aromatic heterocycles. The molecule has 0 aromatic carbocycles. The molecule has 7 nitrogen and oxygen atoms in total. The van der Waals surface area contributed by atoms with Crippen molar-refractivity contribution in [2.45, 2.75) is 32.9 Å². The third-order valence-electron chi connectivity index (χ3n) is 3.17. The van der Waals surface area contributed by atoms with Gasteiger partial charge >= 0.3 is 0 Å². The van der Waals surface area contributed by atoms with Gasteiger partial charge in [0.25, 0.3) is 0 Å². The molecule has 0 saturated carbocycles. The molecule has 1 fully saturated rings. The van der Waals surface area contributed by atoms with Gasteiger partial charge in [-0.05, 0) is 13.0 Å². The Hall–Kier alpha value is -2.02. The molecular formula is C13H19N5O2. The summed E-state index contributed by atoms with van der Waals surface area (Å²) in [5.74, 6) is -0.190. The van der Waals surface area contributed by atoms with Crippen LogP contribution < -0.4 is 15.5 Å². The van der Waals surface area contributed by atoms with Gasteiger partial charge in [-0.15, -0.1) is 0 Å². The Morgan fingerprint density at radius 2 is 2.05 bits per heavy atom. The van der Waals surface area contributed by atoms with Crippen molar-refractivity contribution >= 4 is 17.8 Å². The van der Waals surface area contributed by atoms with Gasteiger partial charge in [-0.25, -0.2) is 9.97 Å². The standard InChI is InChI=1S/C13H19N5O2/c1-3-10-12(20)17-11(19)8-18(10)13-15-6-9(7-16-13)5-14-4-2/h6-7,10,14H,3-5,8H2,1-2H3,(H,17,19,20). The van der Waals surface area contributed by atoms with Crippen molar-refractivity contribution in [2.75, 3.05) is 18.0 Å².